The molecule has 2 atom stereocenters. The first kappa shape index (κ1) is 15.9. The lowest BCUT2D eigenvalue weighted by Gasteiger charge is -2.32. The van der Waals surface area contributed by atoms with Gasteiger partial charge in [0.2, 0.25) is 5.91 Å². The molecule has 6 nitrogen and oxygen atoms in total. The number of aliphatic carboxylic acids is 1. The molecule has 1 aliphatic rings. The summed E-state index contributed by atoms with van der Waals surface area (Å²) in [5.41, 5.74) is 0. The molecule has 0 saturated carbocycles. The number of nitrogens with zero attached hydrogens (tertiary/aromatic N) is 1. The van der Waals surface area contributed by atoms with Crippen LogP contribution >= 0.6 is 0 Å². The third-order valence-corrected chi connectivity index (χ3v) is 3.43. The van der Waals surface area contributed by atoms with Crippen molar-refractivity contribution in [3.8, 4) is 0 Å². The van der Waals surface area contributed by atoms with Gasteiger partial charge in [-0.1, -0.05) is 19.8 Å². The van der Waals surface area contributed by atoms with Crippen LogP contribution in [0.4, 0.5) is 0 Å². The number of morpholine rings is 1. The Kier molecular flexibility index (Phi) is 6.80. The Morgan fingerprint density at radius 2 is 2.00 bits per heavy atom. The molecular formula is C13H24N2O4. The summed E-state index contributed by atoms with van der Waals surface area (Å²) in [5, 5.41) is 11.7. The number of carboxylic acids is 1. The van der Waals surface area contributed by atoms with Gasteiger partial charge in [0.1, 0.15) is 6.04 Å². The molecule has 110 valence electrons. The van der Waals surface area contributed by atoms with E-state index < -0.39 is 12.0 Å². The van der Waals surface area contributed by atoms with E-state index >= 15 is 0 Å². The fraction of sp³-hybridized carbons (Fsp3) is 0.846. The number of rotatable bonds is 7. The fourth-order valence-corrected chi connectivity index (χ4v) is 2.09. The average Bonchev–Trinajstić information content (AvgIpc) is 2.43. The number of amides is 1. The van der Waals surface area contributed by atoms with E-state index in [4.69, 9.17) is 9.84 Å². The minimum Gasteiger partial charge on any atom is -0.480 e. The first-order valence-electron chi connectivity index (χ1n) is 6.91. The second-order valence-electron chi connectivity index (χ2n) is 4.87. The molecule has 0 aromatic rings. The predicted molar refractivity (Wildman–Crippen MR) is 70.9 cm³/mol. The molecule has 0 spiro atoms. The van der Waals surface area contributed by atoms with Crippen molar-refractivity contribution in [3.63, 3.8) is 0 Å². The van der Waals surface area contributed by atoms with Gasteiger partial charge in [0.15, 0.2) is 0 Å². The molecule has 0 aliphatic carbocycles. The van der Waals surface area contributed by atoms with Crippen LogP contribution in [0.25, 0.3) is 0 Å². The summed E-state index contributed by atoms with van der Waals surface area (Å²) in [7, 11) is 0. The second kappa shape index (κ2) is 8.12. The minimum absolute atomic E-state index is 0.217. The first-order chi connectivity index (χ1) is 9.06. The molecule has 0 aromatic heterocycles. The second-order valence-corrected chi connectivity index (χ2v) is 4.87. The highest BCUT2D eigenvalue weighted by Crippen LogP contribution is 2.06. The Bertz CT molecular complexity index is 303. The van der Waals surface area contributed by atoms with Gasteiger partial charge in [-0.3, -0.25) is 9.69 Å². The topological polar surface area (TPSA) is 78.9 Å². The third kappa shape index (κ3) is 5.16. The maximum Gasteiger partial charge on any atom is 0.326 e. The Labute approximate surface area is 114 Å². The zero-order valence-electron chi connectivity index (χ0n) is 11.7. The summed E-state index contributed by atoms with van der Waals surface area (Å²) in [6.07, 6.45) is 2.19. The molecule has 19 heavy (non-hydrogen) atoms. The highest BCUT2D eigenvalue weighted by atomic mass is 16.5. The zero-order valence-corrected chi connectivity index (χ0v) is 11.7. The van der Waals surface area contributed by atoms with Crippen LogP contribution in [0.15, 0.2) is 0 Å². The van der Waals surface area contributed by atoms with Crippen LogP contribution in [0.5, 0.6) is 0 Å². The van der Waals surface area contributed by atoms with E-state index in [1.165, 1.54) is 0 Å². The summed E-state index contributed by atoms with van der Waals surface area (Å²) in [6, 6.07) is -1.09. The summed E-state index contributed by atoms with van der Waals surface area (Å²) < 4.78 is 5.23. The van der Waals surface area contributed by atoms with Crippen LogP contribution in [0.2, 0.25) is 0 Å². The van der Waals surface area contributed by atoms with Gasteiger partial charge in [0.25, 0.3) is 0 Å². The van der Waals surface area contributed by atoms with Crippen LogP contribution in [0.3, 0.4) is 0 Å². The Morgan fingerprint density at radius 1 is 1.37 bits per heavy atom. The van der Waals surface area contributed by atoms with Crippen molar-refractivity contribution in [3.05, 3.63) is 0 Å². The summed E-state index contributed by atoms with van der Waals surface area (Å²) in [5.74, 6) is -1.18. The fourth-order valence-electron chi connectivity index (χ4n) is 2.09. The van der Waals surface area contributed by atoms with Gasteiger partial charge in [0.05, 0.1) is 19.3 Å². The van der Waals surface area contributed by atoms with Crippen molar-refractivity contribution >= 4 is 11.9 Å². The van der Waals surface area contributed by atoms with Gasteiger partial charge < -0.3 is 15.2 Å². The minimum atomic E-state index is -0.962. The van der Waals surface area contributed by atoms with E-state index in [2.05, 4.69) is 5.32 Å². The van der Waals surface area contributed by atoms with E-state index in [0.29, 0.717) is 32.7 Å². The molecule has 1 heterocycles. The smallest absolute Gasteiger partial charge is 0.326 e. The lowest BCUT2D eigenvalue weighted by Crippen LogP contribution is -2.53. The number of hydrogen-bond acceptors (Lipinski definition) is 4. The molecule has 1 fully saturated rings. The number of carbonyl (C=O) groups is 2. The lowest BCUT2D eigenvalue weighted by molar-refractivity contribution is -0.143. The molecule has 1 unspecified atom stereocenters. The van der Waals surface area contributed by atoms with E-state index in [0.717, 1.165) is 12.8 Å². The SMILES string of the molecule is CCCC[C@H](NC(=O)C(C)N1CCOCC1)C(=O)O. The number of carbonyl (C=O) groups excluding carboxylic acids is 1. The molecule has 1 saturated heterocycles. The van der Waals surface area contributed by atoms with Crippen LogP contribution in [-0.4, -0.2) is 60.3 Å². The molecule has 6 heteroatoms. The molecule has 1 amide bonds. The molecule has 0 bridgehead atoms. The van der Waals surface area contributed by atoms with Crippen LogP contribution in [0, 0.1) is 0 Å². The highest BCUT2D eigenvalue weighted by molar-refractivity contribution is 5.86. The lowest BCUT2D eigenvalue weighted by atomic mass is 10.1. The quantitative estimate of drug-likeness (QED) is 0.704. The first-order valence-corrected chi connectivity index (χ1v) is 6.91. The van der Waals surface area contributed by atoms with E-state index in [1.54, 1.807) is 6.92 Å². The Hall–Kier alpha value is -1.14. The van der Waals surface area contributed by atoms with Crippen molar-refractivity contribution in [2.24, 2.45) is 0 Å². The van der Waals surface area contributed by atoms with Crippen molar-refractivity contribution in [2.75, 3.05) is 26.3 Å². The van der Waals surface area contributed by atoms with Crippen molar-refractivity contribution in [2.45, 2.75) is 45.2 Å². The number of ether oxygens (including phenoxy) is 1. The van der Waals surface area contributed by atoms with Crippen molar-refractivity contribution in [1.82, 2.24) is 10.2 Å². The number of unbranched alkanes of at least 4 members (excludes halogenated alkanes) is 1. The molecular weight excluding hydrogens is 248 g/mol. The van der Waals surface area contributed by atoms with Crippen LogP contribution in [0.1, 0.15) is 33.1 Å². The molecule has 1 aliphatic heterocycles. The van der Waals surface area contributed by atoms with Crippen LogP contribution < -0.4 is 5.32 Å². The van der Waals surface area contributed by atoms with Crippen molar-refractivity contribution < 1.29 is 19.4 Å². The van der Waals surface area contributed by atoms with E-state index in [9.17, 15) is 9.59 Å². The Balaban J connectivity index is 2.47. The number of hydrogen-bond donors (Lipinski definition) is 2. The largest absolute Gasteiger partial charge is 0.480 e. The third-order valence-electron chi connectivity index (χ3n) is 3.43. The Morgan fingerprint density at radius 3 is 2.53 bits per heavy atom. The van der Waals surface area contributed by atoms with E-state index in [1.807, 2.05) is 11.8 Å². The average molecular weight is 272 g/mol. The molecule has 0 aromatic carbocycles. The number of carboxylic acid groups (broad SMARTS) is 1. The molecule has 2 N–H and O–H groups in total. The number of nitrogens with one attached hydrogen (secondary N) is 1. The molecule has 1 rings (SSSR count). The van der Waals surface area contributed by atoms with Gasteiger partial charge in [-0.05, 0) is 13.3 Å². The van der Waals surface area contributed by atoms with Crippen LogP contribution in [-0.2, 0) is 14.3 Å². The van der Waals surface area contributed by atoms with Gasteiger partial charge in [-0.25, -0.2) is 4.79 Å². The maximum absolute atomic E-state index is 12.1. The standard InChI is InChI=1S/C13H24N2O4/c1-3-4-5-11(13(17)18)14-12(16)10(2)15-6-8-19-9-7-15/h10-11H,3-9H2,1-2H3,(H,14,16)(H,17,18)/t10?,11-/m0/s1. The normalized spacial score (nSPS) is 19.7. The highest BCUT2D eigenvalue weighted by Gasteiger charge is 2.26. The summed E-state index contributed by atoms with van der Waals surface area (Å²) in [6.45, 7) is 6.46. The van der Waals surface area contributed by atoms with Gasteiger partial charge in [-0.2, -0.15) is 0 Å². The zero-order chi connectivity index (χ0) is 14.3. The van der Waals surface area contributed by atoms with Gasteiger partial charge in [0, 0.05) is 13.1 Å². The maximum atomic E-state index is 12.1. The van der Waals surface area contributed by atoms with Crippen molar-refractivity contribution in [1.29, 1.82) is 0 Å². The van der Waals surface area contributed by atoms with Gasteiger partial charge >= 0.3 is 5.97 Å². The molecule has 0 radical (unpaired) electrons. The van der Waals surface area contributed by atoms with Gasteiger partial charge in [-0.15, -0.1) is 0 Å². The summed E-state index contributed by atoms with van der Waals surface area (Å²) in [4.78, 5) is 25.2. The predicted octanol–water partition coefficient (Wildman–Crippen LogP) is 0.467. The summed E-state index contributed by atoms with van der Waals surface area (Å²) >= 11 is 0. The van der Waals surface area contributed by atoms with E-state index in [-0.39, 0.29) is 11.9 Å². The monoisotopic (exact) mass is 272 g/mol.